The number of nitrogens with zero attached hydrogens (tertiary/aromatic N) is 3. The minimum Gasteiger partial charge on any atom is -0.494 e. The second-order valence-corrected chi connectivity index (χ2v) is 8.08. The molecule has 162 valence electrons. The first-order valence-electron chi connectivity index (χ1n) is 10.4. The van der Waals surface area contributed by atoms with Crippen LogP contribution in [0.5, 0.6) is 5.75 Å². The number of benzene rings is 3. The molecule has 0 radical (unpaired) electrons. The van der Waals surface area contributed by atoms with Crippen molar-refractivity contribution in [2.24, 2.45) is 0 Å². The summed E-state index contributed by atoms with van der Waals surface area (Å²) in [5.74, 6) is 1.65. The number of aryl methyl sites for hydroxylation is 1. The van der Waals surface area contributed by atoms with Gasteiger partial charge in [0.2, 0.25) is 5.91 Å². The third-order valence-corrected chi connectivity index (χ3v) is 5.63. The highest BCUT2D eigenvalue weighted by atomic mass is 32.2. The Kier molecular flexibility index (Phi) is 6.87. The van der Waals surface area contributed by atoms with Gasteiger partial charge in [-0.25, -0.2) is 0 Å². The van der Waals surface area contributed by atoms with Crippen molar-refractivity contribution in [1.29, 1.82) is 0 Å². The predicted molar refractivity (Wildman–Crippen MR) is 128 cm³/mol. The standard InChI is InChI=1S/C25H24N4O2S/c1-3-31-22-14-12-21(13-15-22)29-24(19-9-5-4-6-10-19)27-28-25(29)32-17-23(30)26-20-11-7-8-18(2)16-20/h4-16H,3,17H2,1-2H3,(H,26,30). The molecule has 6 nitrogen and oxygen atoms in total. The van der Waals surface area contributed by atoms with E-state index in [4.69, 9.17) is 4.74 Å². The largest absolute Gasteiger partial charge is 0.494 e. The number of nitrogens with one attached hydrogen (secondary N) is 1. The molecule has 0 saturated carbocycles. The van der Waals surface area contributed by atoms with E-state index < -0.39 is 0 Å². The van der Waals surface area contributed by atoms with Gasteiger partial charge in [-0.05, 0) is 55.8 Å². The van der Waals surface area contributed by atoms with Crippen LogP contribution in [-0.2, 0) is 4.79 Å². The Labute approximate surface area is 191 Å². The van der Waals surface area contributed by atoms with Crippen molar-refractivity contribution in [2.45, 2.75) is 19.0 Å². The van der Waals surface area contributed by atoms with Crippen molar-refractivity contribution >= 4 is 23.4 Å². The van der Waals surface area contributed by atoms with Crippen LogP contribution in [-0.4, -0.2) is 33.0 Å². The highest BCUT2D eigenvalue weighted by Crippen LogP contribution is 2.29. The Morgan fingerprint density at radius 1 is 1.00 bits per heavy atom. The maximum atomic E-state index is 12.5. The molecule has 32 heavy (non-hydrogen) atoms. The monoisotopic (exact) mass is 444 g/mol. The number of aromatic nitrogens is 3. The molecule has 3 aromatic carbocycles. The molecule has 0 atom stereocenters. The van der Waals surface area contributed by atoms with Crippen LogP contribution in [0.2, 0.25) is 0 Å². The SMILES string of the molecule is CCOc1ccc(-n2c(SCC(=O)Nc3cccc(C)c3)nnc2-c2ccccc2)cc1. The normalized spacial score (nSPS) is 10.7. The highest BCUT2D eigenvalue weighted by Gasteiger charge is 2.17. The van der Waals surface area contributed by atoms with E-state index in [1.54, 1.807) is 0 Å². The number of hydrogen-bond acceptors (Lipinski definition) is 5. The second kappa shape index (κ2) is 10.2. The summed E-state index contributed by atoms with van der Waals surface area (Å²) in [7, 11) is 0. The number of thioether (sulfide) groups is 1. The van der Waals surface area contributed by atoms with Crippen LogP contribution < -0.4 is 10.1 Å². The summed E-state index contributed by atoms with van der Waals surface area (Å²) in [6.07, 6.45) is 0. The molecule has 0 fully saturated rings. The molecule has 0 bridgehead atoms. The molecule has 4 rings (SSSR count). The predicted octanol–water partition coefficient (Wildman–Crippen LogP) is 5.37. The smallest absolute Gasteiger partial charge is 0.234 e. The maximum absolute atomic E-state index is 12.5. The van der Waals surface area contributed by atoms with Gasteiger partial charge in [-0.2, -0.15) is 0 Å². The van der Waals surface area contributed by atoms with Gasteiger partial charge in [0.1, 0.15) is 5.75 Å². The summed E-state index contributed by atoms with van der Waals surface area (Å²) >= 11 is 1.35. The van der Waals surface area contributed by atoms with E-state index in [0.29, 0.717) is 11.8 Å². The minimum atomic E-state index is -0.0943. The summed E-state index contributed by atoms with van der Waals surface area (Å²) in [4.78, 5) is 12.5. The van der Waals surface area contributed by atoms with Gasteiger partial charge in [0.15, 0.2) is 11.0 Å². The lowest BCUT2D eigenvalue weighted by Gasteiger charge is -2.12. The first-order chi connectivity index (χ1) is 15.6. The number of carbonyl (C=O) groups is 1. The molecule has 0 aliphatic heterocycles. The fourth-order valence-corrected chi connectivity index (χ4v) is 4.03. The Balaban J connectivity index is 1.59. The van der Waals surface area contributed by atoms with Crippen LogP contribution >= 0.6 is 11.8 Å². The van der Waals surface area contributed by atoms with Gasteiger partial charge in [0.05, 0.1) is 12.4 Å². The topological polar surface area (TPSA) is 69.0 Å². The summed E-state index contributed by atoms with van der Waals surface area (Å²) in [5, 5.41) is 12.4. The van der Waals surface area contributed by atoms with Crippen LogP contribution in [0, 0.1) is 6.92 Å². The van der Waals surface area contributed by atoms with Gasteiger partial charge in [0.25, 0.3) is 0 Å². The van der Waals surface area contributed by atoms with Crippen LogP contribution in [0.15, 0.2) is 84.0 Å². The van der Waals surface area contributed by atoms with Crippen LogP contribution in [0.1, 0.15) is 12.5 Å². The quantitative estimate of drug-likeness (QED) is 0.370. The van der Waals surface area contributed by atoms with E-state index in [9.17, 15) is 4.79 Å². The number of ether oxygens (including phenoxy) is 1. The molecule has 1 amide bonds. The van der Waals surface area contributed by atoms with E-state index in [2.05, 4.69) is 15.5 Å². The van der Waals surface area contributed by atoms with E-state index >= 15 is 0 Å². The maximum Gasteiger partial charge on any atom is 0.234 e. The Morgan fingerprint density at radius 2 is 1.78 bits per heavy atom. The molecular formula is C25H24N4O2S. The summed E-state index contributed by atoms with van der Waals surface area (Å²) in [6.45, 7) is 4.56. The zero-order valence-electron chi connectivity index (χ0n) is 18.0. The van der Waals surface area contributed by atoms with Gasteiger partial charge >= 0.3 is 0 Å². The van der Waals surface area contributed by atoms with E-state index in [1.807, 2.05) is 97.3 Å². The van der Waals surface area contributed by atoms with E-state index in [-0.39, 0.29) is 11.7 Å². The summed E-state index contributed by atoms with van der Waals surface area (Å²) in [6, 6.07) is 25.4. The van der Waals surface area contributed by atoms with Crippen LogP contribution in [0.3, 0.4) is 0 Å². The third kappa shape index (κ3) is 5.18. The van der Waals surface area contributed by atoms with Crippen molar-refractivity contribution in [1.82, 2.24) is 14.8 Å². The Hall–Kier alpha value is -3.58. The van der Waals surface area contributed by atoms with Crippen LogP contribution in [0.25, 0.3) is 17.1 Å². The molecule has 0 unspecified atom stereocenters. The van der Waals surface area contributed by atoms with Gasteiger partial charge in [-0.1, -0.05) is 54.2 Å². The minimum absolute atomic E-state index is 0.0943. The lowest BCUT2D eigenvalue weighted by atomic mass is 10.2. The highest BCUT2D eigenvalue weighted by molar-refractivity contribution is 7.99. The number of anilines is 1. The average molecular weight is 445 g/mol. The fourth-order valence-electron chi connectivity index (χ4n) is 3.28. The van der Waals surface area contributed by atoms with E-state index in [0.717, 1.165) is 34.1 Å². The van der Waals surface area contributed by atoms with Crippen LogP contribution in [0.4, 0.5) is 5.69 Å². The molecule has 0 aliphatic rings. The average Bonchev–Trinajstić information content (AvgIpc) is 3.23. The van der Waals surface area contributed by atoms with Gasteiger partial charge < -0.3 is 10.1 Å². The first kappa shape index (κ1) is 21.6. The summed E-state index contributed by atoms with van der Waals surface area (Å²) in [5.41, 5.74) is 3.73. The lowest BCUT2D eigenvalue weighted by Crippen LogP contribution is -2.14. The van der Waals surface area contributed by atoms with Gasteiger partial charge in [0, 0.05) is 16.9 Å². The van der Waals surface area contributed by atoms with Gasteiger partial charge in [-0.3, -0.25) is 9.36 Å². The Bertz CT molecular complexity index is 1190. The lowest BCUT2D eigenvalue weighted by molar-refractivity contribution is -0.113. The number of carbonyl (C=O) groups excluding carboxylic acids is 1. The van der Waals surface area contributed by atoms with Crippen molar-refractivity contribution in [3.8, 4) is 22.8 Å². The zero-order valence-corrected chi connectivity index (χ0v) is 18.8. The van der Waals surface area contributed by atoms with Crippen molar-refractivity contribution < 1.29 is 9.53 Å². The second-order valence-electron chi connectivity index (χ2n) is 7.14. The van der Waals surface area contributed by atoms with Gasteiger partial charge in [-0.15, -0.1) is 10.2 Å². The van der Waals surface area contributed by atoms with Crippen molar-refractivity contribution in [2.75, 3.05) is 17.7 Å². The third-order valence-electron chi connectivity index (χ3n) is 4.71. The number of amides is 1. The molecule has 1 N–H and O–H groups in total. The molecule has 0 saturated heterocycles. The molecule has 1 aromatic heterocycles. The summed E-state index contributed by atoms with van der Waals surface area (Å²) < 4.78 is 7.54. The van der Waals surface area contributed by atoms with Crippen molar-refractivity contribution in [3.05, 3.63) is 84.4 Å². The Morgan fingerprint density at radius 3 is 2.50 bits per heavy atom. The van der Waals surface area contributed by atoms with Crippen molar-refractivity contribution in [3.63, 3.8) is 0 Å². The molecular weight excluding hydrogens is 420 g/mol. The molecule has 0 aliphatic carbocycles. The number of hydrogen-bond donors (Lipinski definition) is 1. The molecule has 7 heteroatoms. The molecule has 0 spiro atoms. The van der Waals surface area contributed by atoms with E-state index in [1.165, 1.54) is 11.8 Å². The zero-order chi connectivity index (χ0) is 22.3. The molecule has 4 aromatic rings. The number of rotatable bonds is 8. The first-order valence-corrected chi connectivity index (χ1v) is 11.4. The fraction of sp³-hybridized carbons (Fsp3) is 0.160. The molecule has 1 heterocycles.